The number of carbonyl (C=O) groups is 2. The third-order valence-corrected chi connectivity index (χ3v) is 4.57. The van der Waals surface area contributed by atoms with Gasteiger partial charge >= 0.3 is 0 Å². The number of halogens is 1. The van der Waals surface area contributed by atoms with E-state index in [4.69, 9.17) is 11.6 Å². The lowest BCUT2D eigenvalue weighted by atomic mass is 10.1. The minimum Gasteiger partial charge on any atom is -0.296 e. The van der Waals surface area contributed by atoms with Crippen LogP contribution in [0.15, 0.2) is 77.7 Å². The molecule has 2 aromatic carbocycles. The van der Waals surface area contributed by atoms with Gasteiger partial charge < -0.3 is 0 Å². The van der Waals surface area contributed by atoms with E-state index in [0.717, 1.165) is 21.8 Å². The summed E-state index contributed by atoms with van der Waals surface area (Å²) in [6.45, 7) is 0. The molecule has 1 aromatic heterocycles. The van der Waals surface area contributed by atoms with Crippen LogP contribution in [0.2, 0.25) is 5.02 Å². The van der Waals surface area contributed by atoms with Gasteiger partial charge in [-0.2, -0.15) is 0 Å². The molecular formula is C22H19ClN2O3. The zero-order valence-electron chi connectivity index (χ0n) is 15.1. The van der Waals surface area contributed by atoms with Crippen molar-refractivity contribution in [3.8, 4) is 16.8 Å². The van der Waals surface area contributed by atoms with Crippen molar-refractivity contribution in [3.63, 3.8) is 0 Å². The van der Waals surface area contributed by atoms with Crippen LogP contribution in [0.5, 0.6) is 0 Å². The van der Waals surface area contributed by atoms with Gasteiger partial charge in [-0.1, -0.05) is 48.0 Å². The van der Waals surface area contributed by atoms with Crippen LogP contribution in [0.3, 0.4) is 0 Å². The molecule has 28 heavy (non-hydrogen) atoms. The van der Waals surface area contributed by atoms with Crippen molar-refractivity contribution in [2.75, 3.05) is 0 Å². The largest absolute Gasteiger partial charge is 0.296 e. The Labute approximate surface area is 167 Å². The van der Waals surface area contributed by atoms with Crippen molar-refractivity contribution < 1.29 is 9.59 Å². The van der Waals surface area contributed by atoms with E-state index < -0.39 is 0 Å². The van der Waals surface area contributed by atoms with Crippen molar-refractivity contribution in [2.45, 2.75) is 19.3 Å². The maximum Gasteiger partial charge on any atom is 0.255 e. The highest BCUT2D eigenvalue weighted by molar-refractivity contribution is 6.33. The van der Waals surface area contributed by atoms with E-state index in [9.17, 15) is 14.4 Å². The van der Waals surface area contributed by atoms with E-state index in [1.54, 1.807) is 22.9 Å². The van der Waals surface area contributed by atoms with Gasteiger partial charge in [0, 0.05) is 41.4 Å². The zero-order chi connectivity index (χ0) is 19.9. The molecule has 1 aliphatic heterocycles. The van der Waals surface area contributed by atoms with Crippen LogP contribution in [0.1, 0.15) is 19.3 Å². The number of imide groups is 1. The number of pyridine rings is 1. The maximum atomic E-state index is 11.8. The highest BCUT2D eigenvalue weighted by atomic mass is 35.5. The smallest absolute Gasteiger partial charge is 0.255 e. The summed E-state index contributed by atoms with van der Waals surface area (Å²) in [7, 11) is 0. The number of benzene rings is 2. The molecule has 0 saturated carbocycles. The predicted molar refractivity (Wildman–Crippen MR) is 109 cm³/mol. The molecular weight excluding hydrogens is 376 g/mol. The van der Waals surface area contributed by atoms with E-state index >= 15 is 0 Å². The van der Waals surface area contributed by atoms with Crippen LogP contribution >= 0.6 is 11.6 Å². The van der Waals surface area contributed by atoms with Crippen LogP contribution in [0.4, 0.5) is 0 Å². The van der Waals surface area contributed by atoms with Gasteiger partial charge in [0.1, 0.15) is 0 Å². The molecule has 2 heterocycles. The van der Waals surface area contributed by atoms with E-state index in [0.29, 0.717) is 19.3 Å². The lowest BCUT2D eigenvalue weighted by molar-refractivity contribution is -0.132. The molecule has 1 fully saturated rings. The number of rotatable bonds is 2. The summed E-state index contributed by atoms with van der Waals surface area (Å²) in [5, 5.41) is 2.92. The predicted octanol–water partition coefficient (Wildman–Crippen LogP) is 3.97. The Morgan fingerprint density at radius 2 is 1.43 bits per heavy atom. The fourth-order valence-corrected chi connectivity index (χ4v) is 3.07. The van der Waals surface area contributed by atoms with Crippen LogP contribution in [-0.4, -0.2) is 16.4 Å². The molecule has 3 aromatic rings. The molecule has 0 unspecified atom stereocenters. The lowest BCUT2D eigenvalue weighted by Crippen LogP contribution is -2.33. The summed E-state index contributed by atoms with van der Waals surface area (Å²) in [6.07, 6.45) is 3.48. The lowest BCUT2D eigenvalue weighted by Gasteiger charge is -2.08. The number of hydrogen-bond donors (Lipinski definition) is 1. The number of piperidine rings is 1. The van der Waals surface area contributed by atoms with Crippen molar-refractivity contribution >= 4 is 23.4 Å². The monoisotopic (exact) mass is 394 g/mol. The Hall–Kier alpha value is -3.18. The van der Waals surface area contributed by atoms with Gasteiger partial charge in [-0.3, -0.25) is 24.3 Å². The molecule has 0 aliphatic carbocycles. The number of nitrogens with zero attached hydrogens (tertiary/aromatic N) is 1. The maximum absolute atomic E-state index is 11.8. The first kappa shape index (κ1) is 19.6. The Kier molecular flexibility index (Phi) is 6.40. The van der Waals surface area contributed by atoms with Crippen molar-refractivity contribution in [2.24, 2.45) is 0 Å². The molecule has 4 rings (SSSR count). The third kappa shape index (κ3) is 4.96. The molecule has 6 heteroatoms. The van der Waals surface area contributed by atoms with Gasteiger partial charge in [0.15, 0.2) is 0 Å². The Bertz CT molecular complexity index is 1030. The number of amides is 2. The van der Waals surface area contributed by atoms with Crippen LogP contribution in [-0.2, 0) is 9.59 Å². The Morgan fingerprint density at radius 1 is 0.786 bits per heavy atom. The second-order valence-corrected chi connectivity index (χ2v) is 6.67. The van der Waals surface area contributed by atoms with Gasteiger partial charge in [-0.05, 0) is 36.2 Å². The van der Waals surface area contributed by atoms with Crippen molar-refractivity contribution in [1.82, 2.24) is 9.88 Å². The second-order valence-electron chi connectivity index (χ2n) is 6.26. The summed E-state index contributed by atoms with van der Waals surface area (Å²) in [5.74, 6) is -0.275. The molecule has 0 bridgehead atoms. The summed E-state index contributed by atoms with van der Waals surface area (Å²) < 4.78 is 1.61. The molecule has 0 spiro atoms. The summed E-state index contributed by atoms with van der Waals surface area (Å²) in [4.78, 5) is 32.5. The van der Waals surface area contributed by atoms with E-state index in [-0.39, 0.29) is 17.4 Å². The fraction of sp³-hybridized carbons (Fsp3) is 0.136. The SMILES string of the molecule is O=C1CCCC(=O)N1.O=c1ccccn1-c1ccc(-c2ccccc2Cl)cc1. The molecule has 1 N–H and O–H groups in total. The second kappa shape index (κ2) is 9.15. The summed E-state index contributed by atoms with van der Waals surface area (Å²) in [5.41, 5.74) is 2.81. The third-order valence-electron chi connectivity index (χ3n) is 4.24. The van der Waals surface area contributed by atoms with Gasteiger partial charge in [0.2, 0.25) is 11.8 Å². The van der Waals surface area contributed by atoms with E-state index in [1.165, 1.54) is 0 Å². The minimum absolute atomic E-state index is 0.0435. The number of nitrogens with one attached hydrogen (secondary N) is 1. The van der Waals surface area contributed by atoms with Crippen LogP contribution in [0.25, 0.3) is 16.8 Å². The van der Waals surface area contributed by atoms with Gasteiger partial charge in [-0.15, -0.1) is 0 Å². The summed E-state index contributed by atoms with van der Waals surface area (Å²) in [6, 6.07) is 20.6. The highest BCUT2D eigenvalue weighted by Crippen LogP contribution is 2.27. The first-order chi connectivity index (χ1) is 13.5. The van der Waals surface area contributed by atoms with Crippen LogP contribution < -0.4 is 10.9 Å². The van der Waals surface area contributed by atoms with Gasteiger partial charge in [0.25, 0.3) is 5.56 Å². The minimum atomic E-state index is -0.138. The van der Waals surface area contributed by atoms with Gasteiger partial charge in [-0.25, -0.2) is 0 Å². The van der Waals surface area contributed by atoms with Crippen molar-refractivity contribution in [3.05, 3.63) is 88.3 Å². The summed E-state index contributed by atoms with van der Waals surface area (Å²) >= 11 is 6.19. The highest BCUT2D eigenvalue weighted by Gasteiger charge is 2.13. The standard InChI is InChI=1S/C17H12ClNO.C5H7NO2/c18-16-6-2-1-5-15(16)13-8-10-14(11-9-13)19-12-4-3-7-17(19)20;7-4-2-1-3-5(8)6-4/h1-12H;1-3H2,(H,6,7,8). The first-order valence-corrected chi connectivity index (χ1v) is 9.28. The van der Waals surface area contributed by atoms with Gasteiger partial charge in [0.05, 0.1) is 0 Å². The molecule has 0 atom stereocenters. The van der Waals surface area contributed by atoms with Crippen LogP contribution in [0, 0.1) is 0 Å². The zero-order valence-corrected chi connectivity index (χ0v) is 15.9. The molecule has 1 saturated heterocycles. The quantitative estimate of drug-likeness (QED) is 0.668. The average molecular weight is 395 g/mol. The molecule has 2 amide bonds. The molecule has 0 radical (unpaired) electrons. The Balaban J connectivity index is 0.000000236. The topological polar surface area (TPSA) is 68.2 Å². The van der Waals surface area contributed by atoms with Crippen molar-refractivity contribution in [1.29, 1.82) is 0 Å². The fourth-order valence-electron chi connectivity index (χ4n) is 2.83. The molecule has 5 nitrogen and oxygen atoms in total. The number of carbonyl (C=O) groups excluding carboxylic acids is 2. The van der Waals surface area contributed by atoms with E-state index in [1.807, 2.05) is 54.6 Å². The average Bonchev–Trinajstić information content (AvgIpc) is 2.69. The van der Waals surface area contributed by atoms with E-state index in [2.05, 4.69) is 5.32 Å². The Morgan fingerprint density at radius 3 is 2.00 bits per heavy atom. The molecule has 142 valence electrons. The normalized spacial score (nSPS) is 13.3. The first-order valence-electron chi connectivity index (χ1n) is 8.90. The molecule has 1 aliphatic rings. The number of aromatic nitrogens is 1. The number of hydrogen-bond acceptors (Lipinski definition) is 3.